The Kier molecular flexibility index (Phi) is 9.00. The normalized spacial score (nSPS) is 18.6. The lowest BCUT2D eigenvalue weighted by Crippen LogP contribution is -2.40. The first-order chi connectivity index (χ1) is 10.4. The van der Waals surface area contributed by atoms with Crippen LogP contribution < -0.4 is 0 Å². The Hall–Kier alpha value is 1.29. The number of rotatable bonds is 5. The van der Waals surface area contributed by atoms with Crippen LogP contribution in [0.3, 0.4) is 0 Å². The second kappa shape index (κ2) is 8.54. The number of hydrogen-bond acceptors (Lipinski definition) is 2. The van der Waals surface area contributed by atoms with Gasteiger partial charge in [0.05, 0.1) is 16.1 Å². The molecule has 0 aromatic rings. The molecule has 0 amide bonds. The standard InChI is InChI=1S/C18H36I2O2Si2/c1-17(2,3)23(7,8)15(19)11-13(21)14(22)12-16(20)24(9,10)18(4,5)6/h11-14,21-22H,1-10H3/b15-11+,16-12+/t13-,14-/m0/s1. The molecule has 0 radical (unpaired) electrons. The fraction of sp³-hybridized carbons (Fsp3) is 0.778. The van der Waals surface area contributed by atoms with Gasteiger partial charge in [-0.3, -0.25) is 0 Å². The maximum atomic E-state index is 10.5. The fourth-order valence-electron chi connectivity index (χ4n) is 1.63. The zero-order valence-electron chi connectivity index (χ0n) is 17.0. The van der Waals surface area contributed by atoms with Gasteiger partial charge in [0.25, 0.3) is 0 Å². The molecule has 0 rings (SSSR count). The highest BCUT2D eigenvalue weighted by molar-refractivity contribution is 14.1. The molecule has 0 aliphatic carbocycles. The van der Waals surface area contributed by atoms with E-state index in [9.17, 15) is 10.2 Å². The molecular formula is C18H36I2O2Si2. The maximum Gasteiger partial charge on any atom is 0.102 e. The van der Waals surface area contributed by atoms with Crippen molar-refractivity contribution in [2.75, 3.05) is 0 Å². The Morgan fingerprint density at radius 1 is 0.708 bits per heavy atom. The number of aliphatic hydroxyl groups is 2. The van der Waals surface area contributed by atoms with Gasteiger partial charge in [-0.25, -0.2) is 0 Å². The van der Waals surface area contributed by atoms with Crippen molar-refractivity contribution in [2.45, 2.75) is 90.0 Å². The lowest BCUT2D eigenvalue weighted by atomic mass is 10.2. The summed E-state index contributed by atoms with van der Waals surface area (Å²) >= 11 is 4.72. The van der Waals surface area contributed by atoms with Crippen LogP contribution in [0.4, 0.5) is 0 Å². The third-order valence-electron chi connectivity index (χ3n) is 5.93. The summed E-state index contributed by atoms with van der Waals surface area (Å²) in [6.45, 7) is 22.8. The molecule has 2 N–H and O–H groups in total. The summed E-state index contributed by atoms with van der Waals surface area (Å²) in [5, 5.41) is 21.4. The Labute approximate surface area is 178 Å². The molecule has 0 unspecified atom stereocenters. The maximum absolute atomic E-state index is 10.5. The van der Waals surface area contributed by atoms with Gasteiger partial charge >= 0.3 is 0 Å². The summed E-state index contributed by atoms with van der Waals surface area (Å²) in [7, 11) is -3.32. The predicted molar refractivity (Wildman–Crippen MR) is 131 cm³/mol. The van der Waals surface area contributed by atoms with Crippen molar-refractivity contribution in [1.29, 1.82) is 0 Å². The first-order valence-electron chi connectivity index (χ1n) is 8.47. The van der Waals surface area contributed by atoms with Crippen LogP contribution in [0.1, 0.15) is 41.5 Å². The van der Waals surface area contributed by atoms with Gasteiger partial charge in [-0.2, -0.15) is 0 Å². The lowest BCUT2D eigenvalue weighted by molar-refractivity contribution is 0.0808. The molecule has 0 aromatic carbocycles. The van der Waals surface area contributed by atoms with Crippen molar-refractivity contribution in [3.63, 3.8) is 0 Å². The van der Waals surface area contributed by atoms with E-state index in [-0.39, 0.29) is 10.1 Å². The van der Waals surface area contributed by atoms with Crippen molar-refractivity contribution >= 4 is 61.3 Å². The summed E-state index contributed by atoms with van der Waals surface area (Å²) < 4.78 is 2.43. The average Bonchev–Trinajstić information content (AvgIpc) is 2.35. The van der Waals surface area contributed by atoms with Crippen molar-refractivity contribution in [2.24, 2.45) is 0 Å². The Balaban J connectivity index is 5.45. The predicted octanol–water partition coefficient (Wildman–Crippen LogP) is 6.44. The molecule has 0 bridgehead atoms. The number of aliphatic hydroxyl groups excluding tert-OH is 2. The highest BCUT2D eigenvalue weighted by Gasteiger charge is 2.39. The second-order valence-electron chi connectivity index (χ2n) is 9.76. The largest absolute Gasteiger partial charge is 0.386 e. The average molecular weight is 594 g/mol. The van der Waals surface area contributed by atoms with Gasteiger partial charge in [0, 0.05) is 0 Å². The van der Waals surface area contributed by atoms with Crippen LogP contribution in [0.5, 0.6) is 0 Å². The van der Waals surface area contributed by atoms with E-state index in [4.69, 9.17) is 0 Å². The highest BCUT2D eigenvalue weighted by atomic mass is 127. The second-order valence-corrected chi connectivity index (χ2v) is 24.7. The van der Waals surface area contributed by atoms with Crippen LogP contribution in [-0.4, -0.2) is 38.6 Å². The van der Waals surface area contributed by atoms with Crippen molar-refractivity contribution in [3.05, 3.63) is 18.6 Å². The van der Waals surface area contributed by atoms with Crippen LogP contribution in [0.15, 0.2) is 18.6 Å². The van der Waals surface area contributed by atoms with Crippen molar-refractivity contribution < 1.29 is 10.2 Å². The molecule has 0 heterocycles. The van der Waals surface area contributed by atoms with Crippen LogP contribution in [0.2, 0.25) is 36.3 Å². The van der Waals surface area contributed by atoms with Crippen molar-refractivity contribution in [3.8, 4) is 0 Å². The summed E-state index contributed by atoms with van der Waals surface area (Å²) in [5.41, 5.74) is 0. The molecule has 0 aliphatic heterocycles. The Morgan fingerprint density at radius 2 is 0.917 bits per heavy atom. The fourth-order valence-corrected chi connectivity index (χ4v) is 9.83. The first-order valence-corrected chi connectivity index (χ1v) is 16.6. The van der Waals surface area contributed by atoms with Gasteiger partial charge in [-0.15, -0.1) is 0 Å². The molecule has 142 valence electrons. The van der Waals surface area contributed by atoms with Crippen LogP contribution in [0, 0.1) is 0 Å². The van der Waals surface area contributed by atoms with Gasteiger partial charge in [0.2, 0.25) is 0 Å². The topological polar surface area (TPSA) is 40.5 Å². The van der Waals surface area contributed by atoms with Gasteiger partial charge < -0.3 is 10.2 Å². The van der Waals surface area contributed by atoms with E-state index in [0.29, 0.717) is 0 Å². The molecule has 0 aliphatic rings. The molecule has 0 fully saturated rings. The molecule has 0 spiro atoms. The van der Waals surface area contributed by atoms with Gasteiger partial charge in [0.15, 0.2) is 0 Å². The van der Waals surface area contributed by atoms with Crippen LogP contribution in [-0.2, 0) is 0 Å². The van der Waals surface area contributed by atoms with Crippen LogP contribution in [0.25, 0.3) is 0 Å². The van der Waals surface area contributed by atoms with E-state index in [2.05, 4.69) is 113 Å². The number of hydrogen-bond donors (Lipinski definition) is 2. The quantitative estimate of drug-likeness (QED) is 0.284. The SMILES string of the molecule is CC(C)(C)[Si](C)(C)/C(I)=C/[C@H](O)[C@@H](O)/C=C(\I)[Si](C)(C)C(C)(C)C. The smallest absolute Gasteiger partial charge is 0.102 e. The molecule has 0 saturated carbocycles. The van der Waals surface area contributed by atoms with Gasteiger partial charge in [-0.05, 0) is 28.6 Å². The summed E-state index contributed by atoms with van der Waals surface area (Å²) in [5.74, 6) is 0. The highest BCUT2D eigenvalue weighted by Crippen LogP contribution is 2.44. The monoisotopic (exact) mass is 594 g/mol. The van der Waals surface area contributed by atoms with E-state index < -0.39 is 28.4 Å². The van der Waals surface area contributed by atoms with Crippen molar-refractivity contribution in [1.82, 2.24) is 0 Å². The molecule has 2 atom stereocenters. The zero-order valence-corrected chi connectivity index (χ0v) is 23.3. The molecule has 2 nitrogen and oxygen atoms in total. The van der Waals surface area contributed by atoms with E-state index in [1.54, 1.807) is 0 Å². The molecule has 0 aromatic heterocycles. The minimum absolute atomic E-state index is 0.218. The van der Waals surface area contributed by atoms with E-state index >= 15 is 0 Å². The third kappa shape index (κ3) is 6.18. The van der Waals surface area contributed by atoms with Gasteiger partial charge in [-0.1, -0.05) is 113 Å². The third-order valence-corrected chi connectivity index (χ3v) is 25.0. The van der Waals surface area contributed by atoms with E-state index in [1.807, 2.05) is 12.2 Å². The minimum atomic E-state index is -1.66. The van der Waals surface area contributed by atoms with Crippen LogP contribution >= 0.6 is 45.2 Å². The summed E-state index contributed by atoms with van der Waals surface area (Å²) in [6, 6.07) is 0. The molecule has 24 heavy (non-hydrogen) atoms. The Bertz CT molecular complexity index is 452. The van der Waals surface area contributed by atoms with E-state index in [1.165, 1.54) is 6.41 Å². The summed E-state index contributed by atoms with van der Waals surface area (Å²) in [6.07, 6.45) is 2.05. The molecule has 0 saturated heterocycles. The number of halogens is 2. The molecular weight excluding hydrogens is 558 g/mol. The lowest BCUT2D eigenvalue weighted by Gasteiger charge is -2.38. The Morgan fingerprint density at radius 3 is 1.08 bits per heavy atom. The first kappa shape index (κ1) is 25.3. The minimum Gasteiger partial charge on any atom is -0.386 e. The van der Waals surface area contributed by atoms with Gasteiger partial charge in [0.1, 0.15) is 12.2 Å². The van der Waals surface area contributed by atoms with E-state index in [0.717, 1.165) is 0 Å². The zero-order chi connectivity index (χ0) is 19.7. The summed E-state index contributed by atoms with van der Waals surface area (Å²) in [4.78, 5) is 0. The molecule has 6 heteroatoms.